The van der Waals surface area contributed by atoms with Crippen LogP contribution in [0.5, 0.6) is 0 Å². The van der Waals surface area contributed by atoms with Crippen LogP contribution in [0.3, 0.4) is 0 Å². The van der Waals surface area contributed by atoms with Crippen molar-refractivity contribution >= 4 is 28.8 Å². The lowest BCUT2D eigenvalue weighted by Gasteiger charge is -2.33. The number of thiophene rings is 1. The van der Waals surface area contributed by atoms with Gasteiger partial charge in [-0.2, -0.15) is 0 Å². The summed E-state index contributed by atoms with van der Waals surface area (Å²) in [5.74, 6) is -0.181. The van der Waals surface area contributed by atoms with Crippen LogP contribution in [0, 0.1) is 0 Å². The number of hydrogen-bond acceptors (Lipinski definition) is 3. The van der Waals surface area contributed by atoms with E-state index in [1.807, 2.05) is 18.2 Å². The average Bonchev–Trinajstić information content (AvgIpc) is 2.91. The van der Waals surface area contributed by atoms with Gasteiger partial charge in [0.1, 0.15) is 0 Å². The van der Waals surface area contributed by atoms with E-state index < -0.39 is 5.60 Å². The minimum Gasteiger partial charge on any atom is -0.388 e. The van der Waals surface area contributed by atoms with Crippen molar-refractivity contribution < 1.29 is 9.90 Å². The zero-order valence-electron chi connectivity index (χ0n) is 11.4. The zero-order valence-corrected chi connectivity index (χ0v) is 13.0. The number of halogens is 1. The summed E-state index contributed by atoms with van der Waals surface area (Å²) in [6.07, 6.45) is 2.08. The van der Waals surface area contributed by atoms with E-state index in [2.05, 4.69) is 11.4 Å². The monoisotopic (exact) mass is 321 g/mol. The Bertz CT molecular complexity index is 670. The number of aryl methyl sites for hydroxylation is 1. The standard InChI is InChI=1S/C16H16ClNO2S/c17-14-6-5-13(21-14)15(19)18-10-16(20)8-7-11-3-1-2-4-12(11)9-16/h1-6,20H,7-10H2,(H,18,19)/t16-/m1/s1. The molecule has 3 rings (SSSR count). The first kappa shape index (κ1) is 14.6. The molecular weight excluding hydrogens is 306 g/mol. The molecule has 1 amide bonds. The van der Waals surface area contributed by atoms with Gasteiger partial charge in [0, 0.05) is 13.0 Å². The molecular formula is C16H16ClNO2S. The topological polar surface area (TPSA) is 49.3 Å². The van der Waals surface area contributed by atoms with Gasteiger partial charge in [0.05, 0.1) is 14.8 Å². The Morgan fingerprint density at radius 3 is 2.76 bits per heavy atom. The lowest BCUT2D eigenvalue weighted by molar-refractivity contribution is 0.0260. The number of carbonyl (C=O) groups excluding carboxylic acids is 1. The normalized spacial score (nSPS) is 20.9. The van der Waals surface area contributed by atoms with Crippen molar-refractivity contribution in [3.05, 3.63) is 56.7 Å². The van der Waals surface area contributed by atoms with Gasteiger partial charge in [-0.1, -0.05) is 35.9 Å². The highest BCUT2D eigenvalue weighted by Crippen LogP contribution is 2.28. The number of aliphatic hydroxyl groups is 1. The molecule has 2 aromatic rings. The third-order valence-electron chi connectivity index (χ3n) is 3.87. The van der Waals surface area contributed by atoms with Crippen molar-refractivity contribution in [3.63, 3.8) is 0 Å². The Balaban J connectivity index is 1.64. The minimum absolute atomic E-state index is 0.181. The van der Waals surface area contributed by atoms with Gasteiger partial charge in [-0.05, 0) is 36.1 Å². The summed E-state index contributed by atoms with van der Waals surface area (Å²) in [6.45, 7) is 0.260. The summed E-state index contributed by atoms with van der Waals surface area (Å²) in [5.41, 5.74) is 1.59. The molecule has 3 nitrogen and oxygen atoms in total. The van der Waals surface area contributed by atoms with E-state index in [1.54, 1.807) is 12.1 Å². The van der Waals surface area contributed by atoms with Gasteiger partial charge in [0.15, 0.2) is 0 Å². The van der Waals surface area contributed by atoms with Crippen LogP contribution in [0.4, 0.5) is 0 Å². The number of fused-ring (bicyclic) bond motifs is 1. The second-order valence-corrected chi connectivity index (χ2v) is 7.17. The number of carbonyl (C=O) groups is 1. The number of hydrogen-bond donors (Lipinski definition) is 2. The van der Waals surface area contributed by atoms with Gasteiger partial charge in [0.2, 0.25) is 0 Å². The summed E-state index contributed by atoms with van der Waals surface area (Å²) >= 11 is 7.07. The molecule has 0 saturated heterocycles. The van der Waals surface area contributed by atoms with E-state index in [9.17, 15) is 9.90 Å². The molecule has 0 saturated carbocycles. The lowest BCUT2D eigenvalue weighted by atomic mass is 9.80. The van der Waals surface area contributed by atoms with E-state index in [0.29, 0.717) is 22.1 Å². The third-order valence-corrected chi connectivity index (χ3v) is 5.10. The maximum atomic E-state index is 12.0. The molecule has 1 aliphatic rings. The van der Waals surface area contributed by atoms with Gasteiger partial charge >= 0.3 is 0 Å². The molecule has 1 atom stereocenters. The highest BCUT2D eigenvalue weighted by atomic mass is 35.5. The van der Waals surface area contributed by atoms with Crippen LogP contribution >= 0.6 is 22.9 Å². The maximum absolute atomic E-state index is 12.0. The first-order valence-corrected chi connectivity index (χ1v) is 8.08. The Hall–Kier alpha value is -1.36. The molecule has 2 N–H and O–H groups in total. The molecule has 110 valence electrons. The fraction of sp³-hybridized carbons (Fsp3) is 0.312. The van der Waals surface area contributed by atoms with Crippen molar-refractivity contribution in [3.8, 4) is 0 Å². The van der Waals surface area contributed by atoms with Crippen molar-refractivity contribution in [2.45, 2.75) is 24.9 Å². The van der Waals surface area contributed by atoms with Crippen molar-refractivity contribution in [1.29, 1.82) is 0 Å². The minimum atomic E-state index is -0.870. The fourth-order valence-electron chi connectivity index (χ4n) is 2.70. The van der Waals surface area contributed by atoms with Gasteiger partial charge in [-0.15, -0.1) is 11.3 Å². The number of amides is 1. The molecule has 0 bridgehead atoms. The highest BCUT2D eigenvalue weighted by molar-refractivity contribution is 7.17. The van der Waals surface area contributed by atoms with E-state index in [4.69, 9.17) is 11.6 Å². The summed E-state index contributed by atoms with van der Waals surface area (Å²) in [7, 11) is 0. The van der Waals surface area contributed by atoms with Crippen LogP contribution in [-0.2, 0) is 12.8 Å². The van der Waals surface area contributed by atoms with E-state index >= 15 is 0 Å². The first-order valence-electron chi connectivity index (χ1n) is 6.88. The molecule has 0 radical (unpaired) electrons. The molecule has 21 heavy (non-hydrogen) atoms. The van der Waals surface area contributed by atoms with Crippen LogP contribution in [0.1, 0.15) is 27.2 Å². The van der Waals surface area contributed by atoms with E-state index in [-0.39, 0.29) is 12.5 Å². The van der Waals surface area contributed by atoms with Crippen molar-refractivity contribution in [2.75, 3.05) is 6.54 Å². The predicted molar refractivity (Wildman–Crippen MR) is 85.1 cm³/mol. The van der Waals surface area contributed by atoms with E-state index in [1.165, 1.54) is 22.5 Å². The quantitative estimate of drug-likeness (QED) is 0.913. The molecule has 0 unspecified atom stereocenters. The molecule has 0 fully saturated rings. The first-order chi connectivity index (χ1) is 10.1. The Morgan fingerprint density at radius 1 is 1.29 bits per heavy atom. The van der Waals surface area contributed by atoms with Crippen LogP contribution in [-0.4, -0.2) is 23.2 Å². The summed E-state index contributed by atoms with van der Waals surface area (Å²) < 4.78 is 0.588. The SMILES string of the molecule is O=C(NC[C@@]1(O)CCc2ccccc2C1)c1ccc(Cl)s1. The summed E-state index contributed by atoms with van der Waals surface area (Å²) in [5, 5.41) is 13.5. The maximum Gasteiger partial charge on any atom is 0.261 e. The molecule has 0 spiro atoms. The summed E-state index contributed by atoms with van der Waals surface area (Å²) in [4.78, 5) is 12.6. The second kappa shape index (κ2) is 5.79. The third kappa shape index (κ3) is 3.28. The summed E-state index contributed by atoms with van der Waals surface area (Å²) in [6, 6.07) is 11.5. The molecule has 1 heterocycles. The van der Waals surface area contributed by atoms with Crippen molar-refractivity contribution in [1.82, 2.24) is 5.32 Å². The average molecular weight is 322 g/mol. The van der Waals surface area contributed by atoms with Crippen LogP contribution in [0.2, 0.25) is 4.34 Å². The van der Waals surface area contributed by atoms with Crippen molar-refractivity contribution in [2.24, 2.45) is 0 Å². The highest BCUT2D eigenvalue weighted by Gasteiger charge is 2.32. The van der Waals surface area contributed by atoms with Gasteiger partial charge in [-0.3, -0.25) is 4.79 Å². The fourth-order valence-corrected chi connectivity index (χ4v) is 3.66. The van der Waals surface area contributed by atoms with Crippen LogP contribution < -0.4 is 5.32 Å². The number of nitrogens with one attached hydrogen (secondary N) is 1. The zero-order chi connectivity index (χ0) is 14.9. The molecule has 1 aromatic carbocycles. The van der Waals surface area contributed by atoms with Gasteiger partial charge in [0.25, 0.3) is 5.91 Å². The van der Waals surface area contributed by atoms with E-state index in [0.717, 1.165) is 6.42 Å². The van der Waals surface area contributed by atoms with Gasteiger partial charge < -0.3 is 10.4 Å². The van der Waals surface area contributed by atoms with Gasteiger partial charge in [-0.25, -0.2) is 0 Å². The largest absolute Gasteiger partial charge is 0.388 e. The smallest absolute Gasteiger partial charge is 0.261 e. The predicted octanol–water partition coefficient (Wildman–Crippen LogP) is 3.05. The molecule has 1 aliphatic carbocycles. The number of rotatable bonds is 3. The molecule has 5 heteroatoms. The Morgan fingerprint density at radius 2 is 2.05 bits per heavy atom. The molecule has 0 aliphatic heterocycles. The Labute approximate surface area is 132 Å². The van der Waals surface area contributed by atoms with Crippen LogP contribution in [0.25, 0.3) is 0 Å². The van der Waals surface area contributed by atoms with Crippen LogP contribution in [0.15, 0.2) is 36.4 Å². The molecule has 1 aromatic heterocycles. The number of benzene rings is 1. The Kier molecular flexibility index (Phi) is 4.02. The lowest BCUT2D eigenvalue weighted by Crippen LogP contribution is -2.46. The second-order valence-electron chi connectivity index (χ2n) is 5.46.